The van der Waals surface area contributed by atoms with Crippen molar-refractivity contribution in [3.8, 4) is 0 Å². The smallest absolute Gasteiger partial charge is 0.134 e. The van der Waals surface area contributed by atoms with E-state index < -0.39 is 0 Å². The van der Waals surface area contributed by atoms with Gasteiger partial charge < -0.3 is 10.2 Å². The van der Waals surface area contributed by atoms with Crippen LogP contribution in [0.5, 0.6) is 0 Å². The molecule has 2 N–H and O–H groups in total. The van der Waals surface area contributed by atoms with E-state index in [2.05, 4.69) is 36.6 Å². The van der Waals surface area contributed by atoms with Gasteiger partial charge in [-0.2, -0.15) is 11.8 Å². The number of furan rings is 1. The lowest BCUT2D eigenvalue weighted by atomic mass is 10.1. The Morgan fingerprint density at radius 2 is 2.15 bits per heavy atom. The van der Waals surface area contributed by atoms with Gasteiger partial charge in [0.15, 0.2) is 0 Å². The minimum absolute atomic E-state index is 0.327. The second-order valence-electron chi connectivity index (χ2n) is 6.02. The second kappa shape index (κ2) is 5.43. The lowest BCUT2D eigenvalue weighted by Crippen LogP contribution is -2.42. The van der Waals surface area contributed by atoms with E-state index in [9.17, 15) is 0 Å². The Bertz CT molecular complexity index is 606. The number of thioether (sulfide) groups is 1. The van der Waals surface area contributed by atoms with Gasteiger partial charge in [-0.3, -0.25) is 4.90 Å². The van der Waals surface area contributed by atoms with Crippen LogP contribution < -0.4 is 5.73 Å². The molecule has 1 aliphatic rings. The molecule has 0 unspecified atom stereocenters. The molecule has 2 aromatic rings. The molecule has 0 spiro atoms. The van der Waals surface area contributed by atoms with Crippen molar-refractivity contribution in [1.82, 2.24) is 4.90 Å². The summed E-state index contributed by atoms with van der Waals surface area (Å²) in [5.41, 5.74) is 8.05. The van der Waals surface area contributed by atoms with Gasteiger partial charge in [0, 0.05) is 41.1 Å². The van der Waals surface area contributed by atoms with Crippen LogP contribution in [0.4, 0.5) is 0 Å². The third-order valence-electron chi connectivity index (χ3n) is 3.86. The van der Waals surface area contributed by atoms with E-state index in [1.165, 1.54) is 5.75 Å². The molecule has 3 rings (SSSR count). The summed E-state index contributed by atoms with van der Waals surface area (Å²) in [5.74, 6) is 2.22. The monoisotopic (exact) mass is 290 g/mol. The SMILES string of the molecule is CC1(C)CN(Cc2oc3ccccc3c2CN)CCS1. The quantitative estimate of drug-likeness (QED) is 0.942. The maximum atomic E-state index is 6.03. The number of nitrogens with zero attached hydrogens (tertiary/aromatic N) is 1. The summed E-state index contributed by atoms with van der Waals surface area (Å²) in [6.45, 7) is 8.25. The lowest BCUT2D eigenvalue weighted by Gasteiger charge is -2.37. The maximum Gasteiger partial charge on any atom is 0.134 e. The summed E-state index contributed by atoms with van der Waals surface area (Å²) in [4.78, 5) is 2.48. The molecule has 0 radical (unpaired) electrons. The molecule has 0 bridgehead atoms. The molecule has 0 aliphatic carbocycles. The van der Waals surface area contributed by atoms with Gasteiger partial charge in [0.1, 0.15) is 11.3 Å². The molecule has 108 valence electrons. The van der Waals surface area contributed by atoms with Gasteiger partial charge >= 0.3 is 0 Å². The van der Waals surface area contributed by atoms with Gasteiger partial charge in [0.2, 0.25) is 0 Å². The molecule has 20 heavy (non-hydrogen) atoms. The fourth-order valence-electron chi connectivity index (χ4n) is 2.95. The van der Waals surface area contributed by atoms with Crippen molar-refractivity contribution in [1.29, 1.82) is 0 Å². The van der Waals surface area contributed by atoms with E-state index in [1.54, 1.807) is 0 Å². The summed E-state index contributed by atoms with van der Waals surface area (Å²) in [6.07, 6.45) is 0. The van der Waals surface area contributed by atoms with E-state index in [1.807, 2.05) is 18.2 Å². The minimum atomic E-state index is 0.327. The molecule has 1 aromatic carbocycles. The lowest BCUT2D eigenvalue weighted by molar-refractivity contribution is 0.234. The van der Waals surface area contributed by atoms with E-state index in [0.29, 0.717) is 11.3 Å². The minimum Gasteiger partial charge on any atom is -0.459 e. The highest BCUT2D eigenvalue weighted by atomic mass is 32.2. The van der Waals surface area contributed by atoms with Crippen LogP contribution in [0.25, 0.3) is 11.0 Å². The van der Waals surface area contributed by atoms with E-state index >= 15 is 0 Å². The third-order valence-corrected chi connectivity index (χ3v) is 5.16. The zero-order valence-electron chi connectivity index (χ0n) is 12.2. The Morgan fingerprint density at radius 1 is 1.35 bits per heavy atom. The van der Waals surface area contributed by atoms with Crippen LogP contribution in [0, 0.1) is 0 Å². The highest BCUT2D eigenvalue weighted by molar-refractivity contribution is 8.00. The number of hydrogen-bond donors (Lipinski definition) is 1. The predicted molar refractivity (Wildman–Crippen MR) is 85.9 cm³/mol. The molecule has 1 aromatic heterocycles. The first-order valence-corrected chi connectivity index (χ1v) is 8.13. The maximum absolute atomic E-state index is 6.03. The fourth-order valence-corrected chi connectivity index (χ4v) is 4.13. The van der Waals surface area contributed by atoms with Crippen LogP contribution in [0.15, 0.2) is 28.7 Å². The summed E-state index contributed by atoms with van der Waals surface area (Å²) in [5, 5.41) is 1.16. The van der Waals surface area contributed by atoms with Crippen molar-refractivity contribution in [3.63, 3.8) is 0 Å². The van der Waals surface area contributed by atoms with Gasteiger partial charge in [0.05, 0.1) is 6.54 Å². The Labute approximate surface area is 124 Å². The van der Waals surface area contributed by atoms with Crippen LogP contribution in [0.3, 0.4) is 0 Å². The van der Waals surface area contributed by atoms with Crippen LogP contribution in [-0.2, 0) is 13.1 Å². The standard InChI is InChI=1S/C16H22N2OS/c1-16(2)11-18(7-8-20-16)10-15-13(9-17)12-5-3-4-6-14(12)19-15/h3-6H,7-11,17H2,1-2H3. The molecule has 1 aliphatic heterocycles. The molecule has 4 heteroatoms. The zero-order chi connectivity index (χ0) is 14.2. The molecule has 0 atom stereocenters. The number of hydrogen-bond acceptors (Lipinski definition) is 4. The van der Waals surface area contributed by atoms with Gasteiger partial charge in [-0.05, 0) is 19.9 Å². The first kappa shape index (κ1) is 14.0. The Kier molecular flexibility index (Phi) is 3.80. The normalized spacial score (nSPS) is 19.6. The largest absolute Gasteiger partial charge is 0.459 e. The molecule has 0 amide bonds. The third kappa shape index (κ3) is 2.73. The number of para-hydroxylation sites is 1. The number of benzene rings is 1. The first-order chi connectivity index (χ1) is 9.59. The average molecular weight is 290 g/mol. The molecular weight excluding hydrogens is 268 g/mol. The Balaban J connectivity index is 1.87. The highest BCUT2D eigenvalue weighted by Crippen LogP contribution is 2.32. The molecular formula is C16H22N2OS. The van der Waals surface area contributed by atoms with Crippen LogP contribution >= 0.6 is 11.8 Å². The van der Waals surface area contributed by atoms with E-state index in [-0.39, 0.29) is 0 Å². The highest BCUT2D eigenvalue weighted by Gasteiger charge is 2.28. The molecule has 1 saturated heterocycles. The average Bonchev–Trinajstić information content (AvgIpc) is 2.74. The second-order valence-corrected chi connectivity index (χ2v) is 7.82. The van der Waals surface area contributed by atoms with Crippen molar-refractivity contribution in [3.05, 3.63) is 35.6 Å². The predicted octanol–water partition coefficient (Wildman–Crippen LogP) is 3.22. The summed E-state index contributed by atoms with van der Waals surface area (Å²) >= 11 is 2.05. The number of nitrogens with two attached hydrogens (primary N) is 1. The summed E-state index contributed by atoms with van der Waals surface area (Å²) in [7, 11) is 0. The Hall–Kier alpha value is -0.970. The summed E-state index contributed by atoms with van der Waals surface area (Å²) < 4.78 is 6.36. The zero-order valence-corrected chi connectivity index (χ0v) is 13.0. The van der Waals surface area contributed by atoms with E-state index in [4.69, 9.17) is 10.2 Å². The number of fused-ring (bicyclic) bond motifs is 1. The van der Waals surface area contributed by atoms with E-state index in [0.717, 1.165) is 41.9 Å². The molecule has 1 fully saturated rings. The molecule has 0 saturated carbocycles. The number of rotatable bonds is 3. The van der Waals surface area contributed by atoms with Gasteiger partial charge in [-0.15, -0.1) is 0 Å². The van der Waals surface area contributed by atoms with Crippen LogP contribution in [0.1, 0.15) is 25.2 Å². The van der Waals surface area contributed by atoms with Crippen LogP contribution in [0.2, 0.25) is 0 Å². The van der Waals surface area contributed by atoms with Gasteiger partial charge in [-0.1, -0.05) is 18.2 Å². The van der Waals surface area contributed by atoms with Crippen molar-refractivity contribution in [2.24, 2.45) is 5.73 Å². The van der Waals surface area contributed by atoms with Gasteiger partial charge in [-0.25, -0.2) is 0 Å². The summed E-state index contributed by atoms with van der Waals surface area (Å²) in [6, 6.07) is 8.17. The van der Waals surface area contributed by atoms with Crippen molar-refractivity contribution >= 4 is 22.7 Å². The fraction of sp³-hybridized carbons (Fsp3) is 0.500. The molecule has 2 heterocycles. The van der Waals surface area contributed by atoms with Gasteiger partial charge in [0.25, 0.3) is 0 Å². The van der Waals surface area contributed by atoms with Crippen molar-refractivity contribution in [2.75, 3.05) is 18.8 Å². The molecule has 3 nitrogen and oxygen atoms in total. The van der Waals surface area contributed by atoms with Crippen molar-refractivity contribution < 1.29 is 4.42 Å². The Morgan fingerprint density at radius 3 is 2.90 bits per heavy atom. The topological polar surface area (TPSA) is 42.4 Å². The van der Waals surface area contributed by atoms with Crippen molar-refractivity contribution in [2.45, 2.75) is 31.7 Å². The first-order valence-electron chi connectivity index (χ1n) is 7.15. The van der Waals surface area contributed by atoms with Crippen LogP contribution in [-0.4, -0.2) is 28.5 Å².